The highest BCUT2D eigenvalue weighted by Gasteiger charge is 2.32. The molecule has 0 radical (unpaired) electrons. The van der Waals surface area contributed by atoms with E-state index in [1.165, 1.54) is 6.92 Å². The van der Waals surface area contributed by atoms with Gasteiger partial charge in [-0.25, -0.2) is 0 Å². The largest absolute Gasteiger partial charge is 0.453 e. The Labute approximate surface area is 265 Å². The highest BCUT2D eigenvalue weighted by Crippen LogP contribution is 2.40. The van der Waals surface area contributed by atoms with Crippen molar-refractivity contribution in [3.63, 3.8) is 0 Å². The first kappa shape index (κ1) is 31.8. The number of aryl methyl sites for hydroxylation is 1. The Kier molecular flexibility index (Phi) is 10.8. The lowest BCUT2D eigenvalue weighted by atomic mass is 9.97. The number of hydrogen-bond acceptors (Lipinski definition) is 10. The summed E-state index contributed by atoms with van der Waals surface area (Å²) < 4.78 is 18.9. The number of thioether (sulfide) groups is 1. The van der Waals surface area contributed by atoms with Crippen LogP contribution in [0.15, 0.2) is 77.1 Å². The minimum absolute atomic E-state index is 0.00663. The molecule has 0 saturated carbocycles. The van der Waals surface area contributed by atoms with E-state index in [9.17, 15) is 14.7 Å². The van der Waals surface area contributed by atoms with E-state index in [0.717, 1.165) is 42.7 Å². The molecule has 3 aromatic carbocycles. The van der Waals surface area contributed by atoms with Gasteiger partial charge in [-0.2, -0.15) is 0 Å². The number of nitrogens with one attached hydrogen (secondary N) is 1. The van der Waals surface area contributed by atoms with Crippen LogP contribution in [0.1, 0.15) is 59.9 Å². The minimum atomic E-state index is -0.865. The van der Waals surface area contributed by atoms with E-state index >= 15 is 0 Å². The molecule has 2 heterocycles. The molecule has 2 N–H and O–H groups in total. The Balaban J connectivity index is 1.31. The Hall–Kier alpha value is -3.61. The normalized spacial score (nSPS) is 18.9. The zero-order valence-electron chi connectivity index (χ0n) is 24.8. The first-order chi connectivity index (χ1) is 21.3. The predicted molar refractivity (Wildman–Crippen MR) is 169 cm³/mol. The van der Waals surface area contributed by atoms with E-state index in [1.54, 1.807) is 30.0 Å². The second-order valence-corrected chi connectivity index (χ2v) is 12.9. The average molecular weight is 634 g/mol. The molecule has 1 aliphatic rings. The van der Waals surface area contributed by atoms with Crippen LogP contribution in [0.5, 0.6) is 0 Å². The van der Waals surface area contributed by atoms with Crippen molar-refractivity contribution in [2.45, 2.75) is 69.3 Å². The SMILES string of the molecule is CC(=O)O[C@@H](C)C(=O)NCc1ccccc1-c1ccc([C@H]2O[C@@H](CSc3nnc(C)s3)C[C@@H](c3ccc(CO)cc3)O2)cc1. The molecule has 5 rings (SSSR count). The minimum Gasteiger partial charge on any atom is -0.453 e. The van der Waals surface area contributed by atoms with E-state index in [2.05, 4.69) is 15.5 Å². The number of aliphatic hydroxyl groups is 1. The average Bonchev–Trinajstić information content (AvgIpc) is 3.47. The van der Waals surface area contributed by atoms with Crippen LogP contribution in [-0.4, -0.2) is 45.1 Å². The third kappa shape index (κ3) is 8.30. The molecule has 9 nitrogen and oxygen atoms in total. The predicted octanol–water partition coefficient (Wildman–Crippen LogP) is 5.91. The van der Waals surface area contributed by atoms with E-state index in [4.69, 9.17) is 14.2 Å². The number of nitrogens with zero attached hydrogens (tertiary/aromatic N) is 2. The molecule has 0 aliphatic carbocycles. The van der Waals surface area contributed by atoms with Crippen LogP contribution in [0.25, 0.3) is 11.1 Å². The summed E-state index contributed by atoms with van der Waals surface area (Å²) in [5, 5.41) is 21.6. The summed E-state index contributed by atoms with van der Waals surface area (Å²) in [5.41, 5.74) is 5.68. The number of amides is 1. The van der Waals surface area contributed by atoms with Crippen LogP contribution < -0.4 is 5.32 Å². The van der Waals surface area contributed by atoms with Crippen molar-refractivity contribution >= 4 is 35.0 Å². The molecule has 0 spiro atoms. The standard InChI is InChI=1S/C33H35N3O6S2/c1-20(40-22(3)38)31(39)34-17-27-6-4-5-7-29(27)24-12-14-26(15-13-24)32-41-28(19-43-33-36-35-21(2)44-33)16-30(42-32)25-10-8-23(18-37)9-11-25/h4-15,20,28,30,32,37H,16-19H2,1-3H3,(H,34,39)/t20-,28+,30-,32-/m0/s1. The van der Waals surface area contributed by atoms with Crippen molar-refractivity contribution < 1.29 is 28.9 Å². The lowest BCUT2D eigenvalue weighted by molar-refractivity contribution is -0.245. The smallest absolute Gasteiger partial charge is 0.303 e. The number of ether oxygens (including phenoxy) is 3. The Morgan fingerprint density at radius 3 is 2.45 bits per heavy atom. The van der Waals surface area contributed by atoms with Crippen molar-refractivity contribution in [3.8, 4) is 11.1 Å². The molecule has 1 aliphatic heterocycles. The van der Waals surface area contributed by atoms with Gasteiger partial charge in [-0.05, 0) is 41.7 Å². The van der Waals surface area contributed by atoms with Gasteiger partial charge in [-0.3, -0.25) is 9.59 Å². The number of hydrogen-bond donors (Lipinski definition) is 2. The lowest BCUT2D eigenvalue weighted by Crippen LogP contribution is -2.35. The number of carbonyl (C=O) groups is 2. The summed E-state index contributed by atoms with van der Waals surface area (Å²) in [5.74, 6) is -0.138. The summed E-state index contributed by atoms with van der Waals surface area (Å²) >= 11 is 3.21. The Morgan fingerprint density at radius 1 is 1.05 bits per heavy atom. The molecule has 4 atom stereocenters. The molecule has 1 saturated heterocycles. The first-order valence-electron chi connectivity index (χ1n) is 14.4. The summed E-state index contributed by atoms with van der Waals surface area (Å²) in [6.45, 7) is 5.06. The molecule has 230 valence electrons. The summed E-state index contributed by atoms with van der Waals surface area (Å²) in [6.07, 6.45) is -1.01. The number of rotatable bonds is 11. The highest BCUT2D eigenvalue weighted by molar-refractivity contribution is 8.01. The number of aliphatic hydroxyl groups excluding tert-OH is 1. The topological polar surface area (TPSA) is 120 Å². The van der Waals surface area contributed by atoms with Crippen LogP contribution in [-0.2, 0) is 37.0 Å². The first-order valence-corrected chi connectivity index (χ1v) is 16.2. The summed E-state index contributed by atoms with van der Waals surface area (Å²) in [4.78, 5) is 23.6. The van der Waals surface area contributed by atoms with Crippen molar-refractivity contribution in [2.75, 3.05) is 5.75 Å². The van der Waals surface area contributed by atoms with Crippen LogP contribution >= 0.6 is 23.1 Å². The second-order valence-electron chi connectivity index (χ2n) is 10.5. The Morgan fingerprint density at radius 2 is 1.77 bits per heavy atom. The third-order valence-electron chi connectivity index (χ3n) is 7.19. The molecule has 0 bridgehead atoms. The van der Waals surface area contributed by atoms with Crippen molar-refractivity contribution in [3.05, 3.63) is 100 Å². The zero-order chi connectivity index (χ0) is 31.1. The molecule has 4 aromatic rings. The fourth-order valence-corrected chi connectivity index (χ4v) is 6.79. The van der Waals surface area contributed by atoms with Gasteiger partial charge >= 0.3 is 5.97 Å². The van der Waals surface area contributed by atoms with Gasteiger partial charge in [0.25, 0.3) is 5.91 Å². The summed E-state index contributed by atoms with van der Waals surface area (Å²) in [7, 11) is 0. The third-order valence-corrected chi connectivity index (χ3v) is 9.30. The molecular formula is C33H35N3O6S2. The molecule has 0 unspecified atom stereocenters. The number of carbonyl (C=O) groups excluding carboxylic acids is 2. The van der Waals surface area contributed by atoms with Gasteiger partial charge in [0, 0.05) is 31.2 Å². The highest BCUT2D eigenvalue weighted by atomic mass is 32.2. The second kappa shape index (κ2) is 14.9. The fourth-order valence-electron chi connectivity index (χ4n) is 4.93. The number of esters is 1. The molecule has 1 aromatic heterocycles. The number of benzene rings is 3. The van der Waals surface area contributed by atoms with E-state index < -0.39 is 18.4 Å². The fraction of sp³-hybridized carbons (Fsp3) is 0.333. The molecule has 44 heavy (non-hydrogen) atoms. The van der Waals surface area contributed by atoms with Crippen LogP contribution in [0.3, 0.4) is 0 Å². The van der Waals surface area contributed by atoms with E-state index in [0.29, 0.717) is 18.7 Å². The maximum absolute atomic E-state index is 12.4. The van der Waals surface area contributed by atoms with Crippen LogP contribution in [0.4, 0.5) is 0 Å². The van der Waals surface area contributed by atoms with Gasteiger partial charge in [0.2, 0.25) is 0 Å². The molecule has 1 amide bonds. The number of aromatic nitrogens is 2. The monoisotopic (exact) mass is 633 g/mol. The van der Waals surface area contributed by atoms with Crippen LogP contribution in [0, 0.1) is 6.92 Å². The maximum Gasteiger partial charge on any atom is 0.303 e. The zero-order valence-corrected chi connectivity index (χ0v) is 26.4. The van der Waals surface area contributed by atoms with Crippen molar-refractivity contribution in [2.24, 2.45) is 0 Å². The molecular weight excluding hydrogens is 599 g/mol. The van der Waals surface area contributed by atoms with E-state index in [-0.39, 0.29) is 24.7 Å². The van der Waals surface area contributed by atoms with Crippen LogP contribution in [0.2, 0.25) is 0 Å². The quantitative estimate of drug-likeness (QED) is 0.153. The molecule has 1 fully saturated rings. The lowest BCUT2D eigenvalue weighted by Gasteiger charge is -2.36. The van der Waals surface area contributed by atoms with Gasteiger partial charge in [-0.15, -0.1) is 10.2 Å². The van der Waals surface area contributed by atoms with Crippen molar-refractivity contribution in [1.29, 1.82) is 0 Å². The van der Waals surface area contributed by atoms with Gasteiger partial charge < -0.3 is 24.6 Å². The van der Waals surface area contributed by atoms with Crippen molar-refractivity contribution in [1.82, 2.24) is 15.5 Å². The summed E-state index contributed by atoms with van der Waals surface area (Å²) in [6, 6.07) is 23.8. The Bertz CT molecular complexity index is 1560. The molecule has 11 heteroatoms. The van der Waals surface area contributed by atoms with Gasteiger partial charge in [0.05, 0.1) is 18.8 Å². The van der Waals surface area contributed by atoms with E-state index in [1.807, 2.05) is 79.7 Å². The van der Waals surface area contributed by atoms with Gasteiger partial charge in [0.15, 0.2) is 16.7 Å². The van der Waals surface area contributed by atoms with Gasteiger partial charge in [-0.1, -0.05) is 95.9 Å². The maximum atomic E-state index is 12.4. The van der Waals surface area contributed by atoms with Gasteiger partial charge in [0.1, 0.15) is 5.01 Å².